The lowest BCUT2D eigenvalue weighted by Crippen LogP contribution is -2.46. The zero-order chi connectivity index (χ0) is 14.5. The first kappa shape index (κ1) is 15.7. The number of hydrogen-bond acceptors (Lipinski definition) is 3. The van der Waals surface area contributed by atoms with E-state index in [-0.39, 0.29) is 12.5 Å². The van der Waals surface area contributed by atoms with E-state index in [4.69, 9.17) is 5.11 Å². The molecule has 5 nitrogen and oxygen atoms in total. The number of amides is 1. The Morgan fingerprint density at radius 2 is 1.74 bits per heavy atom. The second kappa shape index (κ2) is 6.70. The summed E-state index contributed by atoms with van der Waals surface area (Å²) < 4.78 is 0. The number of hydrogen-bond donors (Lipinski definition) is 3. The van der Waals surface area contributed by atoms with Crippen molar-refractivity contribution < 1.29 is 19.8 Å². The Kier molecular flexibility index (Phi) is 5.54. The van der Waals surface area contributed by atoms with Gasteiger partial charge in [-0.3, -0.25) is 9.59 Å². The standard InChI is InChI=1S/C14H23NO4/c1-3-14(19,4-2)9-15-12(16)10-7-5-6-8-11(10)13(17)18/h5-6,10-11,19H,3-4,7-9H2,1-2H3,(H,15,16)(H,17,18)/t10-,11+/m1/s1. The van der Waals surface area contributed by atoms with Gasteiger partial charge in [-0.1, -0.05) is 26.0 Å². The molecular formula is C14H23NO4. The van der Waals surface area contributed by atoms with Gasteiger partial charge in [-0.2, -0.15) is 0 Å². The van der Waals surface area contributed by atoms with Crippen molar-refractivity contribution in [2.45, 2.75) is 45.1 Å². The fourth-order valence-corrected chi connectivity index (χ4v) is 2.26. The molecule has 5 heteroatoms. The molecule has 0 aromatic heterocycles. The summed E-state index contributed by atoms with van der Waals surface area (Å²) in [5, 5.41) is 21.9. The Hall–Kier alpha value is -1.36. The van der Waals surface area contributed by atoms with E-state index in [1.54, 1.807) is 6.08 Å². The molecule has 1 rings (SSSR count). The number of carbonyl (C=O) groups excluding carboxylic acids is 1. The van der Waals surface area contributed by atoms with Gasteiger partial charge in [-0.15, -0.1) is 0 Å². The summed E-state index contributed by atoms with van der Waals surface area (Å²) in [7, 11) is 0. The van der Waals surface area contributed by atoms with Gasteiger partial charge in [0.1, 0.15) is 0 Å². The predicted octanol–water partition coefficient (Wildman–Crippen LogP) is 1.32. The van der Waals surface area contributed by atoms with E-state index in [1.807, 2.05) is 19.9 Å². The smallest absolute Gasteiger partial charge is 0.307 e. The SMILES string of the molecule is CCC(O)(CC)CNC(=O)[C@@H]1CC=CC[C@@H]1C(=O)O. The van der Waals surface area contributed by atoms with Gasteiger partial charge >= 0.3 is 5.97 Å². The number of aliphatic carboxylic acids is 1. The topological polar surface area (TPSA) is 86.6 Å². The minimum Gasteiger partial charge on any atom is -0.481 e. The molecule has 0 aliphatic heterocycles. The van der Waals surface area contributed by atoms with Gasteiger partial charge in [0.05, 0.1) is 17.4 Å². The van der Waals surface area contributed by atoms with Gasteiger partial charge in [0.2, 0.25) is 5.91 Å². The van der Waals surface area contributed by atoms with E-state index in [0.29, 0.717) is 25.7 Å². The number of carboxylic acids is 1. The lowest BCUT2D eigenvalue weighted by Gasteiger charge is -2.28. The third-order valence-electron chi connectivity index (χ3n) is 3.99. The van der Waals surface area contributed by atoms with Crippen LogP contribution < -0.4 is 5.32 Å². The zero-order valence-electron chi connectivity index (χ0n) is 11.6. The molecule has 0 heterocycles. The largest absolute Gasteiger partial charge is 0.481 e. The minimum atomic E-state index is -0.939. The maximum Gasteiger partial charge on any atom is 0.307 e. The monoisotopic (exact) mass is 269 g/mol. The molecular weight excluding hydrogens is 246 g/mol. The molecule has 19 heavy (non-hydrogen) atoms. The van der Waals surface area contributed by atoms with Gasteiger partial charge in [-0.05, 0) is 25.7 Å². The number of allylic oxidation sites excluding steroid dienone is 2. The molecule has 0 fully saturated rings. The summed E-state index contributed by atoms with van der Waals surface area (Å²) in [6.07, 6.45) is 5.58. The molecule has 0 aromatic carbocycles. The first-order valence-corrected chi connectivity index (χ1v) is 6.81. The fraction of sp³-hybridized carbons (Fsp3) is 0.714. The normalized spacial score (nSPS) is 23.1. The third-order valence-corrected chi connectivity index (χ3v) is 3.99. The molecule has 0 unspecified atom stereocenters. The highest BCUT2D eigenvalue weighted by Gasteiger charge is 2.34. The summed E-state index contributed by atoms with van der Waals surface area (Å²) in [4.78, 5) is 23.2. The van der Waals surface area contributed by atoms with E-state index < -0.39 is 23.4 Å². The van der Waals surface area contributed by atoms with Crippen molar-refractivity contribution in [2.75, 3.05) is 6.54 Å². The van der Waals surface area contributed by atoms with Crippen LogP contribution in [0.1, 0.15) is 39.5 Å². The van der Waals surface area contributed by atoms with Gasteiger partial charge in [-0.25, -0.2) is 0 Å². The van der Waals surface area contributed by atoms with Crippen molar-refractivity contribution in [2.24, 2.45) is 11.8 Å². The Morgan fingerprint density at radius 1 is 1.21 bits per heavy atom. The van der Waals surface area contributed by atoms with Crippen molar-refractivity contribution in [3.63, 3.8) is 0 Å². The molecule has 0 saturated heterocycles. The van der Waals surface area contributed by atoms with Crippen LogP contribution in [0, 0.1) is 11.8 Å². The maximum atomic E-state index is 12.1. The highest BCUT2D eigenvalue weighted by Crippen LogP contribution is 2.26. The summed E-state index contributed by atoms with van der Waals surface area (Å²) in [6, 6.07) is 0. The summed E-state index contributed by atoms with van der Waals surface area (Å²) >= 11 is 0. The molecule has 0 saturated carbocycles. The number of aliphatic hydroxyl groups is 1. The minimum absolute atomic E-state index is 0.172. The van der Waals surface area contributed by atoms with E-state index in [1.165, 1.54) is 0 Å². The van der Waals surface area contributed by atoms with Crippen molar-refractivity contribution in [3.8, 4) is 0 Å². The molecule has 1 amide bonds. The Labute approximate surface area is 113 Å². The van der Waals surface area contributed by atoms with Crippen molar-refractivity contribution in [3.05, 3.63) is 12.2 Å². The number of carboxylic acid groups (broad SMARTS) is 1. The van der Waals surface area contributed by atoms with Crippen LogP contribution in [0.25, 0.3) is 0 Å². The fourth-order valence-electron chi connectivity index (χ4n) is 2.26. The quantitative estimate of drug-likeness (QED) is 0.635. The Morgan fingerprint density at radius 3 is 2.21 bits per heavy atom. The molecule has 1 aliphatic carbocycles. The maximum absolute atomic E-state index is 12.1. The highest BCUT2D eigenvalue weighted by molar-refractivity contribution is 5.85. The van der Waals surface area contributed by atoms with Crippen LogP contribution in [0.4, 0.5) is 0 Å². The van der Waals surface area contributed by atoms with Crippen LogP contribution in [0.3, 0.4) is 0 Å². The van der Waals surface area contributed by atoms with Crippen molar-refractivity contribution in [1.29, 1.82) is 0 Å². The lowest BCUT2D eigenvalue weighted by atomic mass is 9.82. The summed E-state index contributed by atoms with van der Waals surface area (Å²) in [5.74, 6) is -2.43. The van der Waals surface area contributed by atoms with Gasteiger partial charge in [0, 0.05) is 6.54 Å². The van der Waals surface area contributed by atoms with Crippen LogP contribution in [0.15, 0.2) is 12.2 Å². The molecule has 0 spiro atoms. The molecule has 2 atom stereocenters. The molecule has 0 aromatic rings. The molecule has 0 radical (unpaired) electrons. The third kappa shape index (κ3) is 4.06. The Balaban J connectivity index is 2.62. The second-order valence-corrected chi connectivity index (χ2v) is 5.14. The van der Waals surface area contributed by atoms with E-state index in [2.05, 4.69) is 5.32 Å². The van der Waals surface area contributed by atoms with Crippen LogP contribution >= 0.6 is 0 Å². The lowest BCUT2D eigenvalue weighted by molar-refractivity contribution is -0.147. The molecule has 108 valence electrons. The zero-order valence-corrected chi connectivity index (χ0v) is 11.6. The van der Waals surface area contributed by atoms with Crippen LogP contribution in [0.2, 0.25) is 0 Å². The first-order valence-electron chi connectivity index (χ1n) is 6.81. The predicted molar refractivity (Wildman–Crippen MR) is 71.5 cm³/mol. The van der Waals surface area contributed by atoms with Crippen LogP contribution in [-0.4, -0.2) is 34.2 Å². The number of carbonyl (C=O) groups is 2. The average Bonchev–Trinajstić information content (AvgIpc) is 2.44. The molecule has 3 N–H and O–H groups in total. The highest BCUT2D eigenvalue weighted by atomic mass is 16.4. The van der Waals surface area contributed by atoms with Crippen LogP contribution in [0.5, 0.6) is 0 Å². The second-order valence-electron chi connectivity index (χ2n) is 5.14. The van der Waals surface area contributed by atoms with Crippen molar-refractivity contribution in [1.82, 2.24) is 5.32 Å². The number of rotatable bonds is 6. The van der Waals surface area contributed by atoms with Gasteiger partial charge in [0.15, 0.2) is 0 Å². The molecule has 1 aliphatic rings. The molecule has 0 bridgehead atoms. The average molecular weight is 269 g/mol. The summed E-state index contributed by atoms with van der Waals surface area (Å²) in [6.45, 7) is 3.89. The summed E-state index contributed by atoms with van der Waals surface area (Å²) in [5.41, 5.74) is -0.904. The van der Waals surface area contributed by atoms with E-state index >= 15 is 0 Å². The van der Waals surface area contributed by atoms with Gasteiger partial charge < -0.3 is 15.5 Å². The van der Waals surface area contributed by atoms with Gasteiger partial charge in [0.25, 0.3) is 0 Å². The van der Waals surface area contributed by atoms with E-state index in [9.17, 15) is 14.7 Å². The van der Waals surface area contributed by atoms with E-state index in [0.717, 1.165) is 0 Å². The Bertz CT molecular complexity index is 360. The number of nitrogens with one attached hydrogen (secondary N) is 1. The van der Waals surface area contributed by atoms with Crippen molar-refractivity contribution >= 4 is 11.9 Å². The first-order chi connectivity index (χ1) is 8.93. The van der Waals surface area contributed by atoms with Crippen LogP contribution in [-0.2, 0) is 9.59 Å².